The zero-order chi connectivity index (χ0) is 11.7. The number of carbonyl (C=O) groups is 2. The van der Waals surface area contributed by atoms with Crippen molar-refractivity contribution in [1.82, 2.24) is 0 Å². The second kappa shape index (κ2) is 4.56. The molecule has 90 valence electrons. The van der Waals surface area contributed by atoms with E-state index in [4.69, 9.17) is 4.74 Å². The van der Waals surface area contributed by atoms with Crippen molar-refractivity contribution < 1.29 is 14.3 Å². The van der Waals surface area contributed by atoms with Crippen LogP contribution in [-0.4, -0.2) is 17.9 Å². The Morgan fingerprint density at radius 3 is 2.75 bits per heavy atom. The van der Waals surface area contributed by atoms with Gasteiger partial charge in [0, 0.05) is 25.2 Å². The Morgan fingerprint density at radius 2 is 2.06 bits per heavy atom. The zero-order valence-corrected chi connectivity index (χ0v) is 10.1. The highest BCUT2D eigenvalue weighted by Gasteiger charge is 2.44. The molecule has 0 aliphatic heterocycles. The fraction of sp³-hybridized carbons (Fsp3) is 0.846. The number of ketones is 1. The Morgan fingerprint density at radius 1 is 1.31 bits per heavy atom. The first-order valence-corrected chi connectivity index (χ1v) is 6.29. The minimum Gasteiger partial charge on any atom is -0.462 e. The van der Waals surface area contributed by atoms with Gasteiger partial charge in [-0.2, -0.15) is 0 Å². The molecule has 0 radical (unpaired) electrons. The zero-order valence-electron chi connectivity index (χ0n) is 10.1. The van der Waals surface area contributed by atoms with Gasteiger partial charge in [0.05, 0.1) is 0 Å². The van der Waals surface area contributed by atoms with Gasteiger partial charge >= 0.3 is 5.97 Å². The van der Waals surface area contributed by atoms with Gasteiger partial charge in [-0.05, 0) is 31.6 Å². The van der Waals surface area contributed by atoms with E-state index in [-0.39, 0.29) is 23.9 Å². The van der Waals surface area contributed by atoms with Crippen LogP contribution in [0.2, 0.25) is 0 Å². The number of hydrogen-bond acceptors (Lipinski definition) is 3. The summed E-state index contributed by atoms with van der Waals surface area (Å²) in [5.41, 5.74) is 0. The second-order valence-corrected chi connectivity index (χ2v) is 5.24. The molecule has 2 fully saturated rings. The monoisotopic (exact) mass is 224 g/mol. The highest BCUT2D eigenvalue weighted by Crippen LogP contribution is 2.44. The Bertz CT molecular complexity index is 298. The largest absolute Gasteiger partial charge is 0.462 e. The minimum absolute atomic E-state index is 0.0218. The molecule has 0 aromatic heterocycles. The molecule has 3 heteroatoms. The first-order chi connectivity index (χ1) is 7.59. The fourth-order valence-electron chi connectivity index (χ4n) is 3.43. The Kier molecular flexibility index (Phi) is 3.31. The Labute approximate surface area is 96.5 Å². The minimum atomic E-state index is -0.211. The van der Waals surface area contributed by atoms with Gasteiger partial charge in [-0.3, -0.25) is 9.59 Å². The van der Waals surface area contributed by atoms with E-state index in [1.165, 1.54) is 6.92 Å². The average molecular weight is 224 g/mol. The molecule has 2 aliphatic carbocycles. The van der Waals surface area contributed by atoms with Crippen molar-refractivity contribution in [3.8, 4) is 0 Å². The molecule has 4 atom stereocenters. The maximum atomic E-state index is 11.9. The van der Waals surface area contributed by atoms with Crippen LogP contribution in [0.5, 0.6) is 0 Å². The van der Waals surface area contributed by atoms with Crippen LogP contribution in [0.25, 0.3) is 0 Å². The van der Waals surface area contributed by atoms with Crippen LogP contribution < -0.4 is 0 Å². The molecular weight excluding hydrogens is 204 g/mol. The van der Waals surface area contributed by atoms with Gasteiger partial charge < -0.3 is 4.74 Å². The number of ether oxygens (including phenoxy) is 1. The number of hydrogen-bond donors (Lipinski definition) is 0. The fourth-order valence-corrected chi connectivity index (χ4v) is 3.43. The summed E-state index contributed by atoms with van der Waals surface area (Å²) in [4.78, 5) is 23.0. The van der Waals surface area contributed by atoms with E-state index in [0.29, 0.717) is 18.1 Å². The lowest BCUT2D eigenvalue weighted by Crippen LogP contribution is -2.32. The smallest absolute Gasteiger partial charge is 0.302 e. The van der Waals surface area contributed by atoms with Crippen LogP contribution in [0.3, 0.4) is 0 Å². The van der Waals surface area contributed by atoms with Crippen LogP contribution in [0.15, 0.2) is 0 Å². The molecule has 0 saturated heterocycles. The van der Waals surface area contributed by atoms with Crippen molar-refractivity contribution in [3.05, 3.63) is 0 Å². The maximum absolute atomic E-state index is 11.9. The first kappa shape index (κ1) is 11.6. The van der Waals surface area contributed by atoms with Gasteiger partial charge in [-0.15, -0.1) is 0 Å². The molecule has 0 heterocycles. The highest BCUT2D eigenvalue weighted by molar-refractivity contribution is 5.82. The summed E-state index contributed by atoms with van der Waals surface area (Å²) in [7, 11) is 0. The summed E-state index contributed by atoms with van der Waals surface area (Å²) in [6.45, 7) is 3.64. The number of fused-ring (bicyclic) bond motifs is 1. The standard InChI is InChI=1S/C13H20O3/c1-8-6-7-10-11(15)4-3-5-12(13(8)10)16-9(2)14/h8,10,12-13H,3-7H2,1-2H3/t8-,10-,12+,13+/m0/s1. The predicted molar refractivity (Wildman–Crippen MR) is 59.8 cm³/mol. The number of rotatable bonds is 1. The Hall–Kier alpha value is -0.860. The molecular formula is C13H20O3. The molecule has 2 aliphatic rings. The van der Waals surface area contributed by atoms with E-state index >= 15 is 0 Å². The van der Waals surface area contributed by atoms with Gasteiger partial charge in [-0.1, -0.05) is 6.92 Å². The SMILES string of the molecule is CC(=O)O[C@@H]1CCCC(=O)[C@@H]2CC[C@H](C)[C@@H]12. The van der Waals surface area contributed by atoms with E-state index in [1.807, 2.05) is 0 Å². The van der Waals surface area contributed by atoms with Crippen molar-refractivity contribution in [1.29, 1.82) is 0 Å². The summed E-state index contributed by atoms with van der Waals surface area (Å²) < 4.78 is 5.41. The lowest BCUT2D eigenvalue weighted by molar-refractivity contribution is -0.151. The second-order valence-electron chi connectivity index (χ2n) is 5.24. The molecule has 16 heavy (non-hydrogen) atoms. The molecule has 2 saturated carbocycles. The van der Waals surface area contributed by atoms with Crippen LogP contribution in [0.1, 0.15) is 46.0 Å². The maximum Gasteiger partial charge on any atom is 0.302 e. The average Bonchev–Trinajstić information content (AvgIpc) is 2.50. The van der Waals surface area contributed by atoms with Crippen LogP contribution >= 0.6 is 0 Å². The van der Waals surface area contributed by atoms with E-state index in [9.17, 15) is 9.59 Å². The van der Waals surface area contributed by atoms with E-state index in [1.54, 1.807) is 0 Å². The van der Waals surface area contributed by atoms with Crippen molar-refractivity contribution in [3.63, 3.8) is 0 Å². The summed E-state index contributed by atoms with van der Waals surface area (Å²) in [6, 6.07) is 0. The molecule has 0 aromatic carbocycles. The van der Waals surface area contributed by atoms with Crippen molar-refractivity contribution in [2.75, 3.05) is 0 Å². The highest BCUT2D eigenvalue weighted by atomic mass is 16.5. The third-order valence-electron chi connectivity index (χ3n) is 4.13. The molecule has 0 aromatic rings. The topological polar surface area (TPSA) is 43.4 Å². The van der Waals surface area contributed by atoms with Gasteiger partial charge in [0.2, 0.25) is 0 Å². The third kappa shape index (κ3) is 2.13. The summed E-state index contributed by atoms with van der Waals surface area (Å²) in [5, 5.41) is 0. The molecule has 0 bridgehead atoms. The molecule has 0 N–H and O–H groups in total. The molecule has 2 rings (SSSR count). The predicted octanol–water partition coefficient (Wildman–Crippen LogP) is 2.33. The van der Waals surface area contributed by atoms with Crippen LogP contribution in [-0.2, 0) is 14.3 Å². The molecule has 3 nitrogen and oxygen atoms in total. The van der Waals surface area contributed by atoms with Gasteiger partial charge in [0.25, 0.3) is 0 Å². The van der Waals surface area contributed by atoms with Gasteiger partial charge in [0.1, 0.15) is 11.9 Å². The molecule has 0 amide bonds. The van der Waals surface area contributed by atoms with Crippen molar-refractivity contribution >= 4 is 11.8 Å². The van der Waals surface area contributed by atoms with Gasteiger partial charge in [-0.25, -0.2) is 0 Å². The molecule has 0 unspecified atom stereocenters. The lowest BCUT2D eigenvalue weighted by Gasteiger charge is -2.28. The van der Waals surface area contributed by atoms with Crippen molar-refractivity contribution in [2.45, 2.75) is 52.1 Å². The number of carbonyl (C=O) groups excluding carboxylic acids is 2. The summed E-state index contributed by atoms with van der Waals surface area (Å²) in [6.07, 6.45) is 4.46. The molecule has 0 spiro atoms. The van der Waals surface area contributed by atoms with Crippen molar-refractivity contribution in [2.24, 2.45) is 17.8 Å². The van der Waals surface area contributed by atoms with E-state index in [0.717, 1.165) is 25.7 Å². The normalized spacial score (nSPS) is 39.0. The number of Topliss-reactive ketones (excluding diaryl/α,β-unsaturated/α-hetero) is 1. The Balaban J connectivity index is 2.17. The van der Waals surface area contributed by atoms with Crippen LogP contribution in [0.4, 0.5) is 0 Å². The van der Waals surface area contributed by atoms with E-state index in [2.05, 4.69) is 6.92 Å². The summed E-state index contributed by atoms with van der Waals surface area (Å²) >= 11 is 0. The first-order valence-electron chi connectivity index (χ1n) is 6.29. The van der Waals surface area contributed by atoms with Gasteiger partial charge in [0.15, 0.2) is 0 Å². The quantitative estimate of drug-likeness (QED) is 0.642. The third-order valence-corrected chi connectivity index (χ3v) is 4.13. The number of esters is 1. The van der Waals surface area contributed by atoms with Crippen LogP contribution in [0, 0.1) is 17.8 Å². The summed E-state index contributed by atoms with van der Waals surface area (Å²) in [5.74, 6) is 1.12. The lowest BCUT2D eigenvalue weighted by atomic mass is 9.84. The van der Waals surface area contributed by atoms with E-state index < -0.39 is 0 Å².